The molecule has 2 rings (SSSR count). The molecule has 0 bridgehead atoms. The summed E-state index contributed by atoms with van der Waals surface area (Å²) in [6.45, 7) is 4.13. The number of aryl methyl sites for hydroxylation is 1. The second kappa shape index (κ2) is 6.26. The number of aromatic nitrogens is 2. The molecule has 1 heterocycles. The first-order chi connectivity index (χ1) is 10.2. The summed E-state index contributed by atoms with van der Waals surface area (Å²) >= 11 is 5.95. The number of amides is 1. The number of nitrogens with one attached hydrogen (secondary N) is 1. The van der Waals surface area contributed by atoms with E-state index < -0.39 is 15.8 Å². The van der Waals surface area contributed by atoms with Gasteiger partial charge in [-0.3, -0.25) is 10.1 Å². The summed E-state index contributed by atoms with van der Waals surface area (Å²) in [6, 6.07) is 5.32. The van der Waals surface area contributed by atoms with Gasteiger partial charge in [-0.05, 0) is 25.1 Å². The topological polar surface area (TPSA) is 81.1 Å². The number of hydrogen-bond donors (Lipinski definition) is 1. The monoisotopic (exact) mass is 343 g/mol. The molecule has 0 fully saturated rings. The predicted octanol–water partition coefficient (Wildman–Crippen LogP) is 2.33. The first kappa shape index (κ1) is 16.8. The molecule has 22 heavy (non-hydrogen) atoms. The van der Waals surface area contributed by atoms with Crippen LogP contribution in [0.5, 0.6) is 0 Å². The molecule has 0 aliphatic carbocycles. The normalized spacial score (nSPS) is 13.3. The highest BCUT2D eigenvalue weighted by Gasteiger charge is 2.20. The largest absolute Gasteiger partial charge is 0.310 e. The molecule has 1 aromatic heterocycles. The Hall–Kier alpha value is -1.60. The average Bonchev–Trinajstić information content (AvgIpc) is 2.72. The van der Waals surface area contributed by atoms with Gasteiger partial charge in [0.1, 0.15) is 9.84 Å². The average molecular weight is 344 g/mol. The predicted molar refractivity (Wildman–Crippen MR) is 87.9 cm³/mol. The Balaban J connectivity index is 2.29. The van der Waals surface area contributed by atoms with Crippen molar-refractivity contribution < 1.29 is 13.2 Å². The zero-order chi connectivity index (χ0) is 16.5. The fourth-order valence-corrected chi connectivity index (χ4v) is 3.51. The summed E-state index contributed by atoms with van der Waals surface area (Å²) in [5, 5.41) is 3.26. The number of anilines is 1. The molecule has 0 spiro atoms. The third kappa shape index (κ3) is 3.78. The van der Waals surface area contributed by atoms with E-state index in [0.29, 0.717) is 23.0 Å². The Labute approximate surface area is 134 Å². The van der Waals surface area contributed by atoms with Crippen LogP contribution in [0.2, 0.25) is 5.02 Å². The van der Waals surface area contributed by atoms with Crippen LogP contribution in [-0.2, 0) is 21.2 Å². The lowest BCUT2D eigenvalue weighted by molar-refractivity contribution is -0.118. The molecule has 1 aromatic carbocycles. The number of hydrogen-bond acceptors (Lipinski definition) is 4. The minimum atomic E-state index is -3.21. The van der Waals surface area contributed by atoms with Gasteiger partial charge in [-0.1, -0.05) is 18.5 Å². The zero-order valence-electron chi connectivity index (χ0n) is 12.6. The van der Waals surface area contributed by atoms with E-state index in [1.54, 1.807) is 19.1 Å². The van der Waals surface area contributed by atoms with Crippen LogP contribution < -0.4 is 5.32 Å². The van der Waals surface area contributed by atoms with Crippen molar-refractivity contribution in [3.8, 4) is 0 Å². The number of imidazole rings is 1. The van der Waals surface area contributed by atoms with Gasteiger partial charge >= 0.3 is 0 Å². The summed E-state index contributed by atoms with van der Waals surface area (Å²) in [5.74, 6) is -0.827. The van der Waals surface area contributed by atoms with E-state index in [2.05, 4.69) is 10.3 Å². The highest BCUT2D eigenvalue weighted by molar-refractivity contribution is 7.90. The van der Waals surface area contributed by atoms with Crippen LogP contribution in [0.25, 0.3) is 11.0 Å². The van der Waals surface area contributed by atoms with E-state index in [1.807, 2.05) is 17.6 Å². The van der Waals surface area contributed by atoms with Gasteiger partial charge in [-0.2, -0.15) is 0 Å². The quantitative estimate of drug-likeness (QED) is 0.903. The number of carbonyl (C=O) groups is 1. The molecule has 120 valence electrons. The molecule has 0 aliphatic heterocycles. The lowest BCUT2D eigenvalue weighted by Gasteiger charge is -2.12. The van der Waals surface area contributed by atoms with Crippen molar-refractivity contribution in [2.24, 2.45) is 5.92 Å². The maximum absolute atomic E-state index is 12.1. The van der Waals surface area contributed by atoms with E-state index in [1.165, 1.54) is 0 Å². The van der Waals surface area contributed by atoms with Gasteiger partial charge in [0.25, 0.3) is 0 Å². The van der Waals surface area contributed by atoms with Crippen LogP contribution in [-0.4, -0.2) is 35.9 Å². The highest BCUT2D eigenvalue weighted by atomic mass is 35.5. The second-order valence-corrected chi connectivity index (χ2v) is 7.92. The molecule has 0 unspecified atom stereocenters. The van der Waals surface area contributed by atoms with Crippen LogP contribution in [0, 0.1) is 5.92 Å². The Bertz CT molecular complexity index is 814. The smallest absolute Gasteiger partial charge is 0.230 e. The molecule has 0 aliphatic rings. The summed E-state index contributed by atoms with van der Waals surface area (Å²) in [7, 11) is -3.21. The Kier molecular flexibility index (Phi) is 4.77. The SMILES string of the molecule is CCn1c(NC(=O)[C@@H](C)CS(C)(=O)=O)nc2cc(Cl)ccc21. The van der Waals surface area contributed by atoms with E-state index >= 15 is 0 Å². The van der Waals surface area contributed by atoms with E-state index in [0.717, 1.165) is 11.8 Å². The number of rotatable bonds is 5. The first-order valence-corrected chi connectivity index (χ1v) is 9.29. The molecule has 0 saturated carbocycles. The van der Waals surface area contributed by atoms with E-state index in [9.17, 15) is 13.2 Å². The summed E-state index contributed by atoms with van der Waals surface area (Å²) in [4.78, 5) is 16.5. The van der Waals surface area contributed by atoms with Crippen LogP contribution in [0.3, 0.4) is 0 Å². The van der Waals surface area contributed by atoms with E-state index in [-0.39, 0.29) is 11.7 Å². The van der Waals surface area contributed by atoms with Crippen molar-refractivity contribution in [3.05, 3.63) is 23.2 Å². The molecule has 2 aromatic rings. The van der Waals surface area contributed by atoms with Crippen molar-refractivity contribution in [1.82, 2.24) is 9.55 Å². The van der Waals surface area contributed by atoms with Gasteiger partial charge in [0.15, 0.2) is 0 Å². The van der Waals surface area contributed by atoms with Gasteiger partial charge in [0, 0.05) is 23.7 Å². The second-order valence-electron chi connectivity index (χ2n) is 5.30. The van der Waals surface area contributed by atoms with Crippen molar-refractivity contribution in [3.63, 3.8) is 0 Å². The van der Waals surface area contributed by atoms with Crippen molar-refractivity contribution in [2.75, 3.05) is 17.3 Å². The lowest BCUT2D eigenvalue weighted by atomic mass is 10.2. The van der Waals surface area contributed by atoms with Gasteiger partial charge < -0.3 is 4.57 Å². The maximum atomic E-state index is 12.1. The van der Waals surface area contributed by atoms with E-state index in [4.69, 9.17) is 11.6 Å². The zero-order valence-corrected chi connectivity index (χ0v) is 14.2. The van der Waals surface area contributed by atoms with Gasteiger partial charge in [-0.25, -0.2) is 13.4 Å². The molecular formula is C14H18ClN3O3S. The molecule has 1 amide bonds. The Morgan fingerprint density at radius 2 is 2.14 bits per heavy atom. The van der Waals surface area contributed by atoms with Crippen LogP contribution in [0.4, 0.5) is 5.95 Å². The number of fused-ring (bicyclic) bond motifs is 1. The molecule has 0 saturated heterocycles. The minimum Gasteiger partial charge on any atom is -0.310 e. The highest BCUT2D eigenvalue weighted by Crippen LogP contribution is 2.23. The molecular weight excluding hydrogens is 326 g/mol. The summed E-state index contributed by atoms with van der Waals surface area (Å²) in [6.07, 6.45) is 1.11. The third-order valence-corrected chi connectivity index (χ3v) is 4.60. The fourth-order valence-electron chi connectivity index (χ4n) is 2.28. The minimum absolute atomic E-state index is 0.197. The Morgan fingerprint density at radius 3 is 2.73 bits per heavy atom. The van der Waals surface area contributed by atoms with Crippen LogP contribution in [0.1, 0.15) is 13.8 Å². The van der Waals surface area contributed by atoms with Gasteiger partial charge in [0.2, 0.25) is 11.9 Å². The Morgan fingerprint density at radius 1 is 1.45 bits per heavy atom. The lowest BCUT2D eigenvalue weighted by Crippen LogP contribution is -2.27. The van der Waals surface area contributed by atoms with Crippen LogP contribution >= 0.6 is 11.6 Å². The first-order valence-electron chi connectivity index (χ1n) is 6.85. The van der Waals surface area contributed by atoms with Crippen molar-refractivity contribution >= 4 is 44.3 Å². The van der Waals surface area contributed by atoms with Crippen molar-refractivity contribution in [2.45, 2.75) is 20.4 Å². The number of sulfone groups is 1. The number of carbonyl (C=O) groups excluding carboxylic acids is 1. The number of halogens is 1. The maximum Gasteiger partial charge on any atom is 0.230 e. The fraction of sp³-hybridized carbons (Fsp3) is 0.429. The summed E-state index contributed by atoms with van der Waals surface area (Å²) < 4.78 is 24.4. The third-order valence-electron chi connectivity index (χ3n) is 3.26. The van der Waals surface area contributed by atoms with Gasteiger partial charge in [-0.15, -0.1) is 0 Å². The molecule has 1 atom stereocenters. The molecule has 6 nitrogen and oxygen atoms in total. The molecule has 1 N–H and O–H groups in total. The van der Waals surface area contributed by atoms with Gasteiger partial charge in [0.05, 0.1) is 16.8 Å². The molecule has 0 radical (unpaired) electrons. The number of benzene rings is 1. The number of nitrogens with zero attached hydrogens (tertiary/aromatic N) is 2. The standard InChI is InChI=1S/C14H18ClN3O3S/c1-4-18-12-6-5-10(15)7-11(12)16-14(18)17-13(19)9(2)8-22(3,20)21/h5-7,9H,4,8H2,1-3H3,(H,16,17,19)/t9-/m0/s1. The summed E-state index contributed by atoms with van der Waals surface area (Å²) in [5.41, 5.74) is 1.54. The molecule has 8 heteroatoms. The van der Waals surface area contributed by atoms with Crippen LogP contribution in [0.15, 0.2) is 18.2 Å². The van der Waals surface area contributed by atoms with Crippen molar-refractivity contribution in [1.29, 1.82) is 0 Å².